The van der Waals surface area contributed by atoms with Gasteiger partial charge in [0.05, 0.1) is 18.3 Å². The molecule has 2 saturated heterocycles. The molecule has 2 N–H and O–H groups in total. The van der Waals surface area contributed by atoms with Crippen molar-refractivity contribution < 1.29 is 14.3 Å². The molecule has 2 atom stereocenters. The first kappa shape index (κ1) is 15.9. The van der Waals surface area contributed by atoms with Crippen LogP contribution in [0.1, 0.15) is 25.7 Å². The van der Waals surface area contributed by atoms with E-state index < -0.39 is 0 Å². The van der Waals surface area contributed by atoms with Crippen molar-refractivity contribution in [2.75, 3.05) is 25.1 Å². The van der Waals surface area contributed by atoms with Gasteiger partial charge in [0.15, 0.2) is 0 Å². The third kappa shape index (κ3) is 3.41. The van der Waals surface area contributed by atoms with Crippen molar-refractivity contribution in [3.8, 4) is 0 Å². The van der Waals surface area contributed by atoms with Gasteiger partial charge in [-0.25, -0.2) is 4.79 Å². The van der Waals surface area contributed by atoms with Gasteiger partial charge in [-0.15, -0.1) is 11.3 Å². The van der Waals surface area contributed by atoms with Gasteiger partial charge in [0, 0.05) is 30.0 Å². The summed E-state index contributed by atoms with van der Waals surface area (Å²) in [4.78, 5) is 12.1. The Labute approximate surface area is 145 Å². The predicted molar refractivity (Wildman–Crippen MR) is 95.7 cm³/mol. The van der Waals surface area contributed by atoms with Crippen molar-refractivity contribution in [1.82, 2.24) is 5.32 Å². The highest BCUT2D eigenvalue weighted by Gasteiger charge is 2.40. The number of fused-ring (bicyclic) bond motifs is 1. The molecule has 0 radical (unpaired) electrons. The van der Waals surface area contributed by atoms with Crippen molar-refractivity contribution in [1.29, 1.82) is 0 Å². The number of nitrogens with one attached hydrogen (secondary N) is 2. The number of ether oxygens (including phenoxy) is 2. The number of carbonyl (C=O) groups excluding carboxylic acids is 1. The Morgan fingerprint density at radius 2 is 2.29 bits per heavy atom. The van der Waals surface area contributed by atoms with Gasteiger partial charge in [0.1, 0.15) is 0 Å². The Morgan fingerprint density at radius 3 is 3.17 bits per heavy atom. The minimum atomic E-state index is -0.185. The molecule has 0 bridgehead atoms. The molecule has 2 unspecified atom stereocenters. The minimum Gasteiger partial charge on any atom is -0.378 e. The molecule has 1 aromatic carbocycles. The molecule has 1 aromatic heterocycles. The van der Waals surface area contributed by atoms with E-state index in [0.29, 0.717) is 13.2 Å². The molecule has 4 rings (SSSR count). The quantitative estimate of drug-likeness (QED) is 0.890. The van der Waals surface area contributed by atoms with Crippen molar-refractivity contribution in [2.45, 2.75) is 37.4 Å². The molecule has 0 saturated carbocycles. The summed E-state index contributed by atoms with van der Waals surface area (Å²) >= 11 is 1.70. The van der Waals surface area contributed by atoms with Crippen LogP contribution in [0.4, 0.5) is 10.5 Å². The fourth-order valence-electron chi connectivity index (χ4n) is 3.57. The van der Waals surface area contributed by atoms with Crippen LogP contribution in [0.3, 0.4) is 0 Å². The van der Waals surface area contributed by atoms with Crippen LogP contribution >= 0.6 is 11.3 Å². The van der Waals surface area contributed by atoms with Crippen LogP contribution in [0.5, 0.6) is 0 Å². The third-order valence-electron chi connectivity index (χ3n) is 4.84. The number of hydrogen-bond donors (Lipinski definition) is 2. The monoisotopic (exact) mass is 346 g/mol. The van der Waals surface area contributed by atoms with Gasteiger partial charge >= 0.3 is 6.03 Å². The highest BCUT2D eigenvalue weighted by Crippen LogP contribution is 2.35. The lowest BCUT2D eigenvalue weighted by Crippen LogP contribution is -2.46. The van der Waals surface area contributed by atoms with E-state index in [-0.39, 0.29) is 17.7 Å². The van der Waals surface area contributed by atoms with E-state index >= 15 is 0 Å². The first-order valence-corrected chi connectivity index (χ1v) is 9.38. The Bertz CT molecular complexity index is 724. The maximum absolute atomic E-state index is 12.1. The van der Waals surface area contributed by atoms with Crippen LogP contribution in [-0.4, -0.2) is 37.5 Å². The number of rotatable bonds is 3. The lowest BCUT2D eigenvalue weighted by molar-refractivity contribution is -0.125. The van der Waals surface area contributed by atoms with Gasteiger partial charge in [-0.3, -0.25) is 0 Å². The number of thiophene rings is 1. The molecule has 2 aromatic rings. The Balaban J connectivity index is 1.29. The molecule has 128 valence electrons. The summed E-state index contributed by atoms with van der Waals surface area (Å²) in [6.45, 7) is 2.01. The molecule has 6 heteroatoms. The van der Waals surface area contributed by atoms with Crippen LogP contribution < -0.4 is 10.6 Å². The first-order chi connectivity index (χ1) is 11.7. The SMILES string of the molecule is O=C(NCC1CCCC2(CCOC2)O1)Nc1ccc2sccc2c1. The van der Waals surface area contributed by atoms with Crippen LogP contribution in [0.2, 0.25) is 0 Å². The van der Waals surface area contributed by atoms with Crippen molar-refractivity contribution >= 4 is 33.1 Å². The van der Waals surface area contributed by atoms with Crippen molar-refractivity contribution in [2.24, 2.45) is 0 Å². The number of anilines is 1. The second kappa shape index (κ2) is 6.70. The number of benzene rings is 1. The van der Waals surface area contributed by atoms with Crippen LogP contribution in [0, 0.1) is 0 Å². The highest BCUT2D eigenvalue weighted by molar-refractivity contribution is 7.17. The maximum Gasteiger partial charge on any atom is 0.319 e. The zero-order valence-electron chi connectivity index (χ0n) is 13.5. The van der Waals surface area contributed by atoms with Crippen LogP contribution in [0.25, 0.3) is 10.1 Å². The third-order valence-corrected chi connectivity index (χ3v) is 5.74. The van der Waals surface area contributed by atoms with E-state index in [0.717, 1.165) is 43.4 Å². The van der Waals surface area contributed by atoms with Gasteiger partial charge < -0.3 is 20.1 Å². The average Bonchev–Trinajstić information content (AvgIpc) is 3.22. The van der Waals surface area contributed by atoms with Gasteiger partial charge in [-0.1, -0.05) is 0 Å². The Hall–Kier alpha value is -1.63. The van der Waals surface area contributed by atoms with E-state index in [1.165, 1.54) is 4.70 Å². The maximum atomic E-state index is 12.1. The fraction of sp³-hybridized carbons (Fsp3) is 0.500. The molecule has 2 aliphatic rings. The number of urea groups is 1. The van der Waals surface area contributed by atoms with Gasteiger partial charge in [-0.05, 0) is 54.3 Å². The van der Waals surface area contributed by atoms with E-state index in [9.17, 15) is 4.79 Å². The zero-order valence-corrected chi connectivity index (χ0v) is 14.4. The topological polar surface area (TPSA) is 59.6 Å². The molecule has 2 fully saturated rings. The Kier molecular flexibility index (Phi) is 4.43. The summed E-state index contributed by atoms with van der Waals surface area (Å²) in [5.74, 6) is 0. The smallest absolute Gasteiger partial charge is 0.319 e. The predicted octanol–water partition coefficient (Wildman–Crippen LogP) is 3.75. The summed E-state index contributed by atoms with van der Waals surface area (Å²) < 4.78 is 12.9. The van der Waals surface area contributed by atoms with Gasteiger partial charge in [-0.2, -0.15) is 0 Å². The molecule has 1 spiro atoms. The second-order valence-corrected chi connectivity index (χ2v) is 7.57. The number of hydrogen-bond acceptors (Lipinski definition) is 4. The lowest BCUT2D eigenvalue weighted by Gasteiger charge is -2.37. The summed E-state index contributed by atoms with van der Waals surface area (Å²) in [6, 6.07) is 7.83. The molecular formula is C18H22N2O3S. The fourth-order valence-corrected chi connectivity index (χ4v) is 4.34. The van der Waals surface area contributed by atoms with Crippen LogP contribution in [-0.2, 0) is 9.47 Å². The Morgan fingerprint density at radius 1 is 1.33 bits per heavy atom. The van der Waals surface area contributed by atoms with E-state index in [1.54, 1.807) is 11.3 Å². The van der Waals surface area contributed by atoms with Crippen molar-refractivity contribution in [3.05, 3.63) is 29.6 Å². The molecule has 3 heterocycles. The van der Waals surface area contributed by atoms with E-state index in [1.807, 2.05) is 18.2 Å². The number of carbonyl (C=O) groups is 1. The first-order valence-electron chi connectivity index (χ1n) is 8.50. The summed E-state index contributed by atoms with van der Waals surface area (Å²) in [5.41, 5.74) is 0.703. The van der Waals surface area contributed by atoms with Crippen molar-refractivity contribution in [3.63, 3.8) is 0 Å². The zero-order chi connectivity index (χ0) is 16.4. The second-order valence-electron chi connectivity index (χ2n) is 6.63. The summed E-state index contributed by atoms with van der Waals surface area (Å²) in [5, 5.41) is 9.04. The van der Waals surface area contributed by atoms with Crippen LogP contribution in [0.15, 0.2) is 29.6 Å². The van der Waals surface area contributed by atoms with Gasteiger partial charge in [0.25, 0.3) is 0 Å². The summed E-state index contributed by atoms with van der Waals surface area (Å²) in [6.07, 6.45) is 4.23. The van der Waals surface area contributed by atoms with E-state index in [4.69, 9.17) is 9.47 Å². The average molecular weight is 346 g/mol. The molecule has 0 aliphatic carbocycles. The molecule has 2 aliphatic heterocycles. The normalized spacial score (nSPS) is 26.8. The van der Waals surface area contributed by atoms with Gasteiger partial charge in [0.2, 0.25) is 0 Å². The number of amides is 2. The van der Waals surface area contributed by atoms with E-state index in [2.05, 4.69) is 22.1 Å². The highest BCUT2D eigenvalue weighted by atomic mass is 32.1. The molecule has 5 nitrogen and oxygen atoms in total. The lowest BCUT2D eigenvalue weighted by atomic mass is 9.91. The largest absolute Gasteiger partial charge is 0.378 e. The molecule has 2 amide bonds. The molecule has 24 heavy (non-hydrogen) atoms. The molecular weight excluding hydrogens is 324 g/mol. The summed E-state index contributed by atoms with van der Waals surface area (Å²) in [7, 11) is 0. The minimum absolute atomic E-state index is 0.0746. The standard InChI is InChI=1S/C18H22N2O3S/c21-17(20-14-3-4-16-13(10-14)5-9-24-16)19-11-15-2-1-6-18(23-15)7-8-22-12-18/h3-5,9-10,15H,1-2,6-8,11-12H2,(H2,19,20,21).